The van der Waals surface area contributed by atoms with Crippen molar-refractivity contribution in [2.24, 2.45) is 0 Å². The minimum atomic E-state index is -1.17. The van der Waals surface area contributed by atoms with Gasteiger partial charge in [0, 0.05) is 42.2 Å². The molecule has 0 atom stereocenters. The van der Waals surface area contributed by atoms with Gasteiger partial charge in [-0.1, -0.05) is 38.4 Å². The standard InChI is InChI=1S/C29H29ClFN5O3/c1-16-9-10-32-27(33-16)35-11-12-36(29(5,6)26(35)38)25(37)23-15-22-24(39-23)18(28(2,3)4)14-21(34-22)17-7-8-19(30)20(31)13-17/h7-10,13-15H,11-12H2,1-6H3. The summed E-state index contributed by atoms with van der Waals surface area (Å²) in [7, 11) is 0. The predicted molar refractivity (Wildman–Crippen MR) is 147 cm³/mol. The molecular formula is C29H29ClFN5O3. The molecule has 5 rings (SSSR count). The van der Waals surface area contributed by atoms with Crippen LogP contribution in [0.25, 0.3) is 22.4 Å². The Bertz CT molecular complexity index is 1630. The zero-order chi connectivity index (χ0) is 28.3. The van der Waals surface area contributed by atoms with Crippen molar-refractivity contribution in [1.82, 2.24) is 19.9 Å². The maximum Gasteiger partial charge on any atom is 0.290 e. The third-order valence-electron chi connectivity index (χ3n) is 6.97. The van der Waals surface area contributed by atoms with Crippen LogP contribution in [0.5, 0.6) is 0 Å². The summed E-state index contributed by atoms with van der Waals surface area (Å²) in [6.07, 6.45) is 1.61. The monoisotopic (exact) mass is 549 g/mol. The first-order valence-electron chi connectivity index (χ1n) is 12.6. The van der Waals surface area contributed by atoms with E-state index in [4.69, 9.17) is 16.0 Å². The number of fused-ring (bicyclic) bond motifs is 1. The minimum absolute atomic E-state index is 0.0262. The third-order valence-corrected chi connectivity index (χ3v) is 7.28. The van der Waals surface area contributed by atoms with Crippen molar-refractivity contribution in [3.8, 4) is 11.3 Å². The molecule has 8 nitrogen and oxygen atoms in total. The lowest BCUT2D eigenvalue weighted by Gasteiger charge is -2.44. The van der Waals surface area contributed by atoms with Gasteiger partial charge < -0.3 is 9.32 Å². The molecule has 4 heterocycles. The number of aryl methyl sites for hydroxylation is 1. The van der Waals surface area contributed by atoms with E-state index in [-0.39, 0.29) is 35.2 Å². The zero-order valence-electron chi connectivity index (χ0n) is 22.7. The second kappa shape index (κ2) is 9.41. The van der Waals surface area contributed by atoms with Crippen LogP contribution in [0.3, 0.4) is 0 Å². The van der Waals surface area contributed by atoms with Crippen LogP contribution in [0.4, 0.5) is 10.3 Å². The number of carbonyl (C=O) groups excluding carboxylic acids is 2. The second-order valence-electron chi connectivity index (χ2n) is 11.2. The van der Waals surface area contributed by atoms with Gasteiger partial charge >= 0.3 is 0 Å². The van der Waals surface area contributed by atoms with Crippen molar-refractivity contribution < 1.29 is 18.4 Å². The lowest BCUT2D eigenvalue weighted by atomic mass is 9.86. The summed E-state index contributed by atoms with van der Waals surface area (Å²) < 4.78 is 20.4. The van der Waals surface area contributed by atoms with Crippen molar-refractivity contribution in [3.63, 3.8) is 0 Å². The molecule has 0 aliphatic carbocycles. The molecule has 1 aliphatic rings. The third kappa shape index (κ3) is 4.76. The van der Waals surface area contributed by atoms with Crippen LogP contribution in [0.15, 0.2) is 47.0 Å². The molecule has 202 valence electrons. The average Bonchev–Trinajstić information content (AvgIpc) is 3.30. The topological polar surface area (TPSA) is 92.4 Å². The van der Waals surface area contributed by atoms with Crippen molar-refractivity contribution in [1.29, 1.82) is 0 Å². The van der Waals surface area contributed by atoms with Gasteiger partial charge in [-0.2, -0.15) is 0 Å². The van der Waals surface area contributed by atoms with Gasteiger partial charge in [0.05, 0.1) is 10.7 Å². The molecule has 10 heteroatoms. The molecule has 39 heavy (non-hydrogen) atoms. The molecule has 1 aromatic carbocycles. The zero-order valence-corrected chi connectivity index (χ0v) is 23.4. The summed E-state index contributed by atoms with van der Waals surface area (Å²) in [6, 6.07) is 9.70. The van der Waals surface area contributed by atoms with E-state index in [0.717, 1.165) is 11.3 Å². The first kappa shape index (κ1) is 26.7. The van der Waals surface area contributed by atoms with Gasteiger partial charge in [0.2, 0.25) is 5.95 Å². The number of piperazine rings is 1. The van der Waals surface area contributed by atoms with Gasteiger partial charge in [0.1, 0.15) is 16.9 Å². The number of nitrogens with zero attached hydrogens (tertiary/aromatic N) is 5. The number of aromatic nitrogens is 3. The fourth-order valence-electron chi connectivity index (χ4n) is 4.76. The number of anilines is 1. The Morgan fingerprint density at radius 1 is 1.10 bits per heavy atom. The van der Waals surface area contributed by atoms with Gasteiger partial charge in [-0.15, -0.1) is 0 Å². The Morgan fingerprint density at radius 2 is 1.85 bits per heavy atom. The Balaban J connectivity index is 1.53. The van der Waals surface area contributed by atoms with Crippen LogP contribution < -0.4 is 4.90 Å². The molecule has 1 fully saturated rings. The highest BCUT2D eigenvalue weighted by Crippen LogP contribution is 2.36. The molecular weight excluding hydrogens is 521 g/mol. The van der Waals surface area contributed by atoms with Crippen LogP contribution in [0, 0.1) is 12.7 Å². The van der Waals surface area contributed by atoms with Crippen LogP contribution >= 0.6 is 11.6 Å². The minimum Gasteiger partial charge on any atom is -0.449 e. The highest BCUT2D eigenvalue weighted by atomic mass is 35.5. The molecule has 0 radical (unpaired) electrons. The van der Waals surface area contributed by atoms with Crippen molar-refractivity contribution in [2.75, 3.05) is 18.0 Å². The van der Waals surface area contributed by atoms with Crippen molar-refractivity contribution >= 4 is 40.5 Å². The molecule has 2 amide bonds. The largest absolute Gasteiger partial charge is 0.449 e. The average molecular weight is 550 g/mol. The molecule has 4 aromatic rings. The van der Waals surface area contributed by atoms with E-state index < -0.39 is 17.3 Å². The number of amides is 2. The Hall–Kier alpha value is -3.85. The lowest BCUT2D eigenvalue weighted by molar-refractivity contribution is -0.130. The van der Waals surface area contributed by atoms with Crippen molar-refractivity contribution in [2.45, 2.75) is 52.5 Å². The second-order valence-corrected chi connectivity index (χ2v) is 11.6. The van der Waals surface area contributed by atoms with E-state index in [2.05, 4.69) is 15.0 Å². The van der Waals surface area contributed by atoms with Crippen molar-refractivity contribution in [3.05, 3.63) is 70.5 Å². The number of rotatable bonds is 3. The van der Waals surface area contributed by atoms with Gasteiger partial charge in [-0.3, -0.25) is 14.5 Å². The van der Waals surface area contributed by atoms with E-state index in [0.29, 0.717) is 28.3 Å². The summed E-state index contributed by atoms with van der Waals surface area (Å²) >= 11 is 5.88. The highest BCUT2D eigenvalue weighted by Gasteiger charge is 2.46. The lowest BCUT2D eigenvalue weighted by Crippen LogP contribution is -2.65. The Kier molecular flexibility index (Phi) is 6.45. The number of benzene rings is 1. The molecule has 3 aromatic heterocycles. The molecule has 0 bridgehead atoms. The van der Waals surface area contributed by atoms with Crippen LogP contribution in [0.2, 0.25) is 5.02 Å². The maximum absolute atomic E-state index is 14.2. The number of pyridine rings is 1. The molecule has 0 unspecified atom stereocenters. The van der Waals surface area contributed by atoms with E-state index in [1.54, 1.807) is 38.2 Å². The smallest absolute Gasteiger partial charge is 0.290 e. The van der Waals surface area contributed by atoms with E-state index in [9.17, 15) is 14.0 Å². The van der Waals surface area contributed by atoms with Crippen LogP contribution in [0.1, 0.15) is 56.4 Å². The Labute approximate surface area is 230 Å². The fourth-order valence-corrected chi connectivity index (χ4v) is 4.88. The number of carbonyl (C=O) groups is 2. The van der Waals surface area contributed by atoms with E-state index >= 15 is 0 Å². The summed E-state index contributed by atoms with van der Waals surface area (Å²) in [5, 5.41) is 0.0262. The quantitative estimate of drug-likeness (QED) is 0.313. The SMILES string of the molecule is Cc1ccnc(N2CCN(C(=O)c3cc4nc(-c5ccc(Cl)c(F)c5)cc(C(C)(C)C)c4o3)C(C)(C)C2=O)n1. The molecule has 0 saturated carbocycles. The first-order chi connectivity index (χ1) is 18.3. The summed E-state index contributed by atoms with van der Waals surface area (Å²) in [5.41, 5.74) is 2.04. The highest BCUT2D eigenvalue weighted by molar-refractivity contribution is 6.30. The molecule has 0 spiro atoms. The van der Waals surface area contributed by atoms with Gasteiger partial charge in [0.15, 0.2) is 11.3 Å². The number of hydrogen-bond acceptors (Lipinski definition) is 6. The Morgan fingerprint density at radius 3 is 2.51 bits per heavy atom. The normalized spacial score (nSPS) is 15.7. The predicted octanol–water partition coefficient (Wildman–Crippen LogP) is 5.95. The molecule has 1 saturated heterocycles. The maximum atomic E-state index is 14.2. The van der Waals surface area contributed by atoms with Crippen LogP contribution in [-0.2, 0) is 10.2 Å². The van der Waals surface area contributed by atoms with Gasteiger partial charge in [-0.05, 0) is 50.5 Å². The van der Waals surface area contributed by atoms with E-state index in [1.807, 2.05) is 33.8 Å². The number of halogens is 2. The number of furan rings is 1. The summed E-state index contributed by atoms with van der Waals surface area (Å²) in [4.78, 5) is 43.6. The van der Waals surface area contributed by atoms with Gasteiger partial charge in [-0.25, -0.2) is 19.3 Å². The summed E-state index contributed by atoms with van der Waals surface area (Å²) in [6.45, 7) is 11.8. The van der Waals surface area contributed by atoms with E-state index in [1.165, 1.54) is 21.9 Å². The first-order valence-corrected chi connectivity index (χ1v) is 13.0. The summed E-state index contributed by atoms with van der Waals surface area (Å²) in [5.74, 6) is -0.865. The van der Waals surface area contributed by atoms with Crippen LogP contribution in [-0.4, -0.2) is 50.3 Å². The molecule has 1 aliphatic heterocycles. The van der Waals surface area contributed by atoms with Gasteiger partial charge in [0.25, 0.3) is 11.8 Å². The fraction of sp³-hybridized carbons (Fsp3) is 0.345. The molecule has 0 N–H and O–H groups in total. The number of hydrogen-bond donors (Lipinski definition) is 0.